The lowest BCUT2D eigenvalue weighted by atomic mass is 9.33. The molecule has 0 amide bonds. The Balaban J connectivity index is 1.04. The van der Waals surface area contributed by atoms with E-state index in [4.69, 9.17) is 0 Å². The molecular weight excluding hydrogens is 860 g/mol. The standard InChI is InChI=1S/C66H45BN4/c1-5-22-44(23-6-1)68-56-38-15-13-30-52(56)62-48(32-19-40-58(62)68)50-34-17-36-54-65(50)70(46-26-9-3-10-27-46)60-42-21-43-61-64(60)67(54)55-37-18-35-51(66(55)71(61)47-28-11-4-12-29-47)49-33-20-41-59-63(49)53-31-14-16-39-57(53)69(59)45-24-7-2-8-25-45/h1-28,30-43,47H,29H2. The predicted octanol–water partition coefficient (Wildman–Crippen LogP) is 14.9. The first-order valence-corrected chi connectivity index (χ1v) is 24.8. The minimum absolute atomic E-state index is 0.0554. The number of para-hydroxylation sites is 7. The number of anilines is 5. The third kappa shape index (κ3) is 5.81. The summed E-state index contributed by atoms with van der Waals surface area (Å²) in [7, 11) is 0. The van der Waals surface area contributed by atoms with E-state index in [2.05, 4.69) is 274 Å². The maximum Gasteiger partial charge on any atom is 0.252 e. The fraction of sp³-hybridized carbons (Fsp3) is 0.0303. The monoisotopic (exact) mass is 904 g/mol. The van der Waals surface area contributed by atoms with E-state index >= 15 is 0 Å². The third-order valence-electron chi connectivity index (χ3n) is 15.4. The van der Waals surface area contributed by atoms with E-state index in [1.165, 1.54) is 105 Å². The van der Waals surface area contributed by atoms with E-state index in [9.17, 15) is 0 Å². The highest BCUT2D eigenvalue weighted by Crippen LogP contribution is 2.50. The molecule has 0 radical (unpaired) electrons. The summed E-state index contributed by atoms with van der Waals surface area (Å²) in [6.45, 7) is -0.0554. The van der Waals surface area contributed by atoms with E-state index < -0.39 is 0 Å². The highest BCUT2D eigenvalue weighted by molar-refractivity contribution is 7.00. The molecule has 2 aromatic heterocycles. The molecular formula is C66H45BN4. The van der Waals surface area contributed by atoms with Gasteiger partial charge in [0.15, 0.2) is 0 Å². The van der Waals surface area contributed by atoms with Gasteiger partial charge in [-0.15, -0.1) is 0 Å². The number of aromatic nitrogens is 2. The fourth-order valence-corrected chi connectivity index (χ4v) is 12.6. The number of rotatable bonds is 6. The second kappa shape index (κ2) is 15.7. The summed E-state index contributed by atoms with van der Waals surface area (Å²) in [6.07, 6.45) is 10.1. The molecule has 1 aliphatic carbocycles. The zero-order valence-electron chi connectivity index (χ0n) is 38.9. The molecule has 1 unspecified atom stereocenters. The second-order valence-electron chi connectivity index (χ2n) is 19.1. The number of nitrogens with zero attached hydrogens (tertiary/aromatic N) is 4. The van der Waals surface area contributed by atoms with Crippen LogP contribution in [-0.4, -0.2) is 21.9 Å². The Bertz CT molecular complexity index is 4170. The first kappa shape index (κ1) is 39.9. The van der Waals surface area contributed by atoms with Gasteiger partial charge in [0.05, 0.1) is 28.1 Å². The first-order valence-electron chi connectivity index (χ1n) is 24.8. The van der Waals surface area contributed by atoms with Gasteiger partial charge in [-0.3, -0.25) is 0 Å². The van der Waals surface area contributed by atoms with Gasteiger partial charge in [-0.2, -0.15) is 0 Å². The average molecular weight is 905 g/mol. The van der Waals surface area contributed by atoms with Gasteiger partial charge in [0, 0.05) is 72.5 Å². The van der Waals surface area contributed by atoms with Crippen LogP contribution in [0.4, 0.5) is 28.4 Å². The van der Waals surface area contributed by atoms with Crippen molar-refractivity contribution in [3.05, 3.63) is 255 Å². The number of benzene rings is 10. The topological polar surface area (TPSA) is 16.3 Å². The van der Waals surface area contributed by atoms with Gasteiger partial charge >= 0.3 is 0 Å². The van der Waals surface area contributed by atoms with E-state index in [1.54, 1.807) is 0 Å². The van der Waals surface area contributed by atoms with E-state index in [1.807, 2.05) is 0 Å². The average Bonchev–Trinajstić information content (AvgIpc) is 3.97. The van der Waals surface area contributed by atoms with Crippen LogP contribution in [-0.2, 0) is 0 Å². The van der Waals surface area contributed by atoms with Crippen molar-refractivity contribution in [1.29, 1.82) is 0 Å². The van der Waals surface area contributed by atoms with Crippen molar-refractivity contribution in [3.8, 4) is 33.6 Å². The lowest BCUT2D eigenvalue weighted by Gasteiger charge is -2.47. The van der Waals surface area contributed by atoms with Crippen molar-refractivity contribution in [3.63, 3.8) is 0 Å². The van der Waals surface area contributed by atoms with Crippen molar-refractivity contribution in [2.45, 2.75) is 12.5 Å². The smallest absolute Gasteiger partial charge is 0.252 e. The summed E-state index contributed by atoms with van der Waals surface area (Å²) in [4.78, 5) is 5.25. The second-order valence-corrected chi connectivity index (χ2v) is 19.1. The molecule has 3 aliphatic rings. The molecule has 332 valence electrons. The van der Waals surface area contributed by atoms with Crippen LogP contribution in [0.5, 0.6) is 0 Å². The van der Waals surface area contributed by atoms with Gasteiger partial charge in [0.25, 0.3) is 6.71 Å². The summed E-state index contributed by atoms with van der Waals surface area (Å²) in [5.74, 6) is 0. The van der Waals surface area contributed by atoms with Gasteiger partial charge in [0.1, 0.15) is 0 Å². The van der Waals surface area contributed by atoms with Crippen LogP contribution in [0.25, 0.3) is 77.2 Å². The Labute approximate surface area is 413 Å². The minimum Gasteiger partial charge on any atom is -0.334 e. The van der Waals surface area contributed by atoms with E-state index in [0.29, 0.717) is 0 Å². The molecule has 2 aliphatic heterocycles. The van der Waals surface area contributed by atoms with Crippen LogP contribution < -0.4 is 26.2 Å². The van der Waals surface area contributed by atoms with Crippen LogP contribution >= 0.6 is 0 Å². The van der Waals surface area contributed by atoms with Crippen LogP contribution in [0.3, 0.4) is 0 Å². The summed E-state index contributed by atoms with van der Waals surface area (Å²) in [6, 6.07) is 85.6. The molecule has 0 saturated carbocycles. The first-order chi connectivity index (χ1) is 35.3. The van der Waals surface area contributed by atoms with Gasteiger partial charge in [-0.1, -0.05) is 182 Å². The van der Waals surface area contributed by atoms with Gasteiger partial charge in [0.2, 0.25) is 0 Å². The predicted molar refractivity (Wildman–Crippen MR) is 301 cm³/mol. The zero-order valence-corrected chi connectivity index (χ0v) is 38.9. The molecule has 0 N–H and O–H groups in total. The summed E-state index contributed by atoms with van der Waals surface area (Å²) < 4.78 is 4.87. The molecule has 1 atom stereocenters. The quantitative estimate of drug-likeness (QED) is 0.155. The number of hydrogen-bond donors (Lipinski definition) is 0. The van der Waals surface area contributed by atoms with Crippen molar-refractivity contribution in [2.24, 2.45) is 0 Å². The highest BCUT2D eigenvalue weighted by Gasteiger charge is 2.45. The third-order valence-corrected chi connectivity index (χ3v) is 15.4. The van der Waals surface area contributed by atoms with Crippen molar-refractivity contribution >= 4 is 95.1 Å². The molecule has 0 saturated heterocycles. The molecule has 0 spiro atoms. The molecule has 0 fully saturated rings. The summed E-state index contributed by atoms with van der Waals surface area (Å²) in [5.41, 5.74) is 22.1. The molecule has 4 nitrogen and oxygen atoms in total. The molecule has 0 bridgehead atoms. The Morgan fingerprint density at radius 3 is 1.41 bits per heavy atom. The van der Waals surface area contributed by atoms with Gasteiger partial charge < -0.3 is 18.9 Å². The fourth-order valence-electron chi connectivity index (χ4n) is 12.6. The van der Waals surface area contributed by atoms with E-state index in [0.717, 1.165) is 23.5 Å². The molecule has 15 rings (SSSR count). The van der Waals surface area contributed by atoms with Crippen LogP contribution in [0.2, 0.25) is 0 Å². The molecule has 10 aromatic carbocycles. The van der Waals surface area contributed by atoms with Gasteiger partial charge in [-0.05, 0) is 107 Å². The van der Waals surface area contributed by atoms with Gasteiger partial charge in [-0.25, -0.2) is 0 Å². The Hall–Kier alpha value is -9.06. The Morgan fingerprint density at radius 2 is 0.831 bits per heavy atom. The maximum atomic E-state index is 2.69. The largest absolute Gasteiger partial charge is 0.334 e. The molecule has 5 heteroatoms. The zero-order chi connectivity index (χ0) is 46.6. The van der Waals surface area contributed by atoms with Crippen LogP contribution in [0, 0.1) is 0 Å². The summed E-state index contributed by atoms with van der Waals surface area (Å²) in [5, 5.41) is 5.01. The molecule has 4 heterocycles. The Morgan fingerprint density at radius 1 is 0.366 bits per heavy atom. The highest BCUT2D eigenvalue weighted by atomic mass is 15.2. The SMILES string of the molecule is C1=CCC(N2c3cccc4c3B(c3cccc(-c5cccc6c5c5ccccc5n6-c5ccccc5)c3N4c3ccccc3)c3cccc(-c4cccc5c4c4ccccc4n5-c4ccccc4)c32)C=C1. The van der Waals surface area contributed by atoms with Crippen molar-refractivity contribution < 1.29 is 0 Å². The van der Waals surface area contributed by atoms with E-state index in [-0.39, 0.29) is 12.8 Å². The molecule has 12 aromatic rings. The minimum atomic E-state index is -0.0554. The van der Waals surface area contributed by atoms with Crippen molar-refractivity contribution in [2.75, 3.05) is 9.80 Å². The van der Waals surface area contributed by atoms with Crippen LogP contribution in [0.15, 0.2) is 255 Å². The lowest BCUT2D eigenvalue weighted by molar-refractivity contribution is 0.787. The maximum absolute atomic E-state index is 2.69. The van der Waals surface area contributed by atoms with Crippen LogP contribution in [0.1, 0.15) is 6.42 Å². The summed E-state index contributed by atoms with van der Waals surface area (Å²) >= 11 is 0. The lowest BCUT2D eigenvalue weighted by Crippen LogP contribution is -2.62. The number of fused-ring (bicyclic) bond motifs is 10. The number of allylic oxidation sites excluding steroid dienone is 2. The van der Waals surface area contributed by atoms with Crippen molar-refractivity contribution in [1.82, 2.24) is 9.13 Å². The Kier molecular flexibility index (Phi) is 8.85. The normalized spacial score (nSPS) is 14.6. The molecule has 71 heavy (non-hydrogen) atoms. The number of hydrogen-bond acceptors (Lipinski definition) is 2.